The van der Waals surface area contributed by atoms with Gasteiger partial charge in [0.15, 0.2) is 5.13 Å². The quantitative estimate of drug-likeness (QED) is 0.144. The molecule has 4 aromatic rings. The van der Waals surface area contributed by atoms with Crippen LogP contribution in [0, 0.1) is 21.4 Å². The van der Waals surface area contributed by atoms with Gasteiger partial charge in [0, 0.05) is 46.3 Å². The number of amides is 1. The number of nitrogens with one attached hydrogen (secondary N) is 1. The number of hydrogen-bond donors (Lipinski definition) is 1. The molecule has 0 aliphatic heterocycles. The van der Waals surface area contributed by atoms with Gasteiger partial charge in [0.2, 0.25) is 0 Å². The van der Waals surface area contributed by atoms with Crippen LogP contribution in [-0.4, -0.2) is 15.8 Å². The Hall–Kier alpha value is -4.26. The van der Waals surface area contributed by atoms with Crippen LogP contribution in [0.3, 0.4) is 0 Å². The SMILES string of the molecule is N#C/C(=C/c1ccc(-c2cccc([N+](=O)[O-])c2)o1)C(=O)Nc1ncc(Cc2ccc(Cl)cc2)s1. The van der Waals surface area contributed by atoms with E-state index >= 15 is 0 Å². The summed E-state index contributed by atoms with van der Waals surface area (Å²) in [5, 5.41) is 24.1. The van der Waals surface area contributed by atoms with Gasteiger partial charge in [-0.25, -0.2) is 4.98 Å². The lowest BCUT2D eigenvalue weighted by Crippen LogP contribution is -2.13. The van der Waals surface area contributed by atoms with Gasteiger partial charge in [-0.3, -0.25) is 20.2 Å². The summed E-state index contributed by atoms with van der Waals surface area (Å²) in [4.78, 5) is 28.2. The van der Waals surface area contributed by atoms with Gasteiger partial charge < -0.3 is 4.42 Å². The van der Waals surface area contributed by atoms with Gasteiger partial charge >= 0.3 is 0 Å². The number of halogens is 1. The number of thiazole rings is 1. The number of nitro groups is 1. The normalized spacial score (nSPS) is 11.1. The predicted molar refractivity (Wildman–Crippen MR) is 129 cm³/mol. The number of non-ortho nitro benzene ring substituents is 1. The number of aromatic nitrogens is 1. The minimum Gasteiger partial charge on any atom is -0.457 e. The van der Waals surface area contributed by atoms with Crippen molar-refractivity contribution in [3.8, 4) is 17.4 Å². The Bertz CT molecular complexity index is 1430. The van der Waals surface area contributed by atoms with E-state index in [-0.39, 0.29) is 17.0 Å². The minimum absolute atomic E-state index is 0.0676. The van der Waals surface area contributed by atoms with E-state index in [1.54, 1.807) is 30.5 Å². The van der Waals surface area contributed by atoms with Crippen molar-refractivity contribution < 1.29 is 14.1 Å². The van der Waals surface area contributed by atoms with Gasteiger partial charge in [-0.2, -0.15) is 5.26 Å². The molecule has 1 amide bonds. The molecule has 0 saturated heterocycles. The van der Waals surface area contributed by atoms with Crippen LogP contribution in [0.5, 0.6) is 0 Å². The predicted octanol–water partition coefficient (Wildman–Crippen LogP) is 6.10. The molecule has 0 saturated carbocycles. The van der Waals surface area contributed by atoms with Gasteiger partial charge in [0.25, 0.3) is 11.6 Å². The summed E-state index contributed by atoms with van der Waals surface area (Å²) in [6.07, 6.45) is 3.61. The smallest absolute Gasteiger partial charge is 0.270 e. The molecule has 0 bridgehead atoms. The summed E-state index contributed by atoms with van der Waals surface area (Å²) in [5.41, 5.74) is 1.32. The van der Waals surface area contributed by atoms with Crippen LogP contribution in [-0.2, 0) is 11.2 Å². The number of furan rings is 1. The lowest BCUT2D eigenvalue weighted by Gasteiger charge is -2.00. The first-order valence-corrected chi connectivity index (χ1v) is 11.1. The fourth-order valence-electron chi connectivity index (χ4n) is 3.06. The average molecular weight is 491 g/mol. The van der Waals surface area contributed by atoms with Crippen LogP contribution >= 0.6 is 22.9 Å². The van der Waals surface area contributed by atoms with E-state index in [9.17, 15) is 20.2 Å². The largest absolute Gasteiger partial charge is 0.457 e. The Morgan fingerprint density at radius 3 is 2.76 bits per heavy atom. The third kappa shape index (κ3) is 5.56. The number of anilines is 1. The topological polar surface area (TPSA) is 122 Å². The standard InChI is InChI=1S/C24H15ClN4O4S/c25-18-6-4-15(5-7-18)10-21-14-27-24(34-21)28-23(30)17(13-26)12-20-8-9-22(33-20)16-2-1-3-19(11-16)29(31)32/h1-9,11-12,14H,10H2,(H,27,28,30)/b17-12-. The molecule has 2 heterocycles. The Morgan fingerprint density at radius 1 is 1.24 bits per heavy atom. The monoisotopic (exact) mass is 490 g/mol. The first-order chi connectivity index (χ1) is 16.4. The molecule has 10 heteroatoms. The molecular formula is C24H15ClN4O4S. The highest BCUT2D eigenvalue weighted by Gasteiger charge is 2.14. The molecule has 0 radical (unpaired) electrons. The van der Waals surface area contributed by atoms with Gasteiger partial charge in [0.05, 0.1) is 4.92 Å². The number of carbonyl (C=O) groups is 1. The Kier molecular flexibility index (Phi) is 6.82. The van der Waals surface area contributed by atoms with E-state index in [1.807, 2.05) is 30.3 Å². The maximum absolute atomic E-state index is 12.6. The summed E-state index contributed by atoms with van der Waals surface area (Å²) in [6, 6.07) is 18.5. The highest BCUT2D eigenvalue weighted by molar-refractivity contribution is 7.15. The molecule has 0 fully saturated rings. The van der Waals surface area contributed by atoms with Crippen molar-refractivity contribution >= 4 is 45.7 Å². The molecule has 168 valence electrons. The lowest BCUT2D eigenvalue weighted by molar-refractivity contribution is -0.384. The van der Waals surface area contributed by atoms with Crippen LogP contribution in [0.15, 0.2) is 76.9 Å². The van der Waals surface area contributed by atoms with E-state index in [1.165, 1.54) is 29.5 Å². The zero-order valence-corrected chi connectivity index (χ0v) is 19.0. The zero-order chi connectivity index (χ0) is 24.1. The number of carbonyl (C=O) groups excluding carboxylic acids is 1. The van der Waals surface area contributed by atoms with Crippen LogP contribution in [0.1, 0.15) is 16.2 Å². The summed E-state index contributed by atoms with van der Waals surface area (Å²) in [7, 11) is 0. The van der Waals surface area contributed by atoms with Crippen molar-refractivity contribution in [3.05, 3.63) is 104 Å². The van der Waals surface area contributed by atoms with Crippen LogP contribution < -0.4 is 5.32 Å². The number of nitrogens with zero attached hydrogens (tertiary/aromatic N) is 3. The van der Waals surface area contributed by atoms with Crippen molar-refractivity contribution in [3.63, 3.8) is 0 Å². The molecule has 1 N–H and O–H groups in total. The molecule has 0 atom stereocenters. The maximum atomic E-state index is 12.6. The first kappa shape index (κ1) is 22.9. The molecule has 0 spiro atoms. The highest BCUT2D eigenvalue weighted by Crippen LogP contribution is 2.27. The maximum Gasteiger partial charge on any atom is 0.270 e. The molecule has 2 aromatic carbocycles. The van der Waals surface area contributed by atoms with Crippen molar-refractivity contribution in [1.29, 1.82) is 5.26 Å². The number of benzene rings is 2. The third-order valence-electron chi connectivity index (χ3n) is 4.69. The summed E-state index contributed by atoms with van der Waals surface area (Å²) < 4.78 is 5.66. The van der Waals surface area contributed by atoms with E-state index in [0.29, 0.717) is 27.9 Å². The van der Waals surface area contributed by atoms with E-state index < -0.39 is 10.8 Å². The molecule has 34 heavy (non-hydrogen) atoms. The number of nitriles is 1. The molecule has 0 aliphatic carbocycles. The second kappa shape index (κ2) is 10.1. The van der Waals surface area contributed by atoms with E-state index in [2.05, 4.69) is 10.3 Å². The average Bonchev–Trinajstić information content (AvgIpc) is 3.48. The van der Waals surface area contributed by atoms with E-state index in [0.717, 1.165) is 10.4 Å². The molecular weight excluding hydrogens is 476 g/mol. The minimum atomic E-state index is -0.622. The summed E-state index contributed by atoms with van der Waals surface area (Å²) in [6.45, 7) is 0. The van der Waals surface area contributed by atoms with Gasteiger partial charge in [-0.1, -0.05) is 35.9 Å². The van der Waals surface area contributed by atoms with Crippen LogP contribution in [0.25, 0.3) is 17.4 Å². The Labute approximate surface area is 202 Å². The Balaban J connectivity index is 1.45. The highest BCUT2D eigenvalue weighted by atomic mass is 35.5. The number of nitro benzene ring substituents is 1. The van der Waals surface area contributed by atoms with Crippen molar-refractivity contribution in [2.24, 2.45) is 0 Å². The number of hydrogen-bond acceptors (Lipinski definition) is 7. The lowest BCUT2D eigenvalue weighted by atomic mass is 10.1. The Morgan fingerprint density at radius 2 is 2.03 bits per heavy atom. The van der Waals surface area contributed by atoms with Crippen LogP contribution in [0.2, 0.25) is 5.02 Å². The van der Waals surface area contributed by atoms with Crippen molar-refractivity contribution in [2.75, 3.05) is 5.32 Å². The van der Waals surface area contributed by atoms with Gasteiger partial charge in [-0.05, 0) is 29.8 Å². The second-order valence-corrected chi connectivity index (χ2v) is 8.62. The molecule has 2 aromatic heterocycles. The number of rotatable bonds is 7. The molecule has 4 rings (SSSR count). The van der Waals surface area contributed by atoms with Gasteiger partial charge in [-0.15, -0.1) is 11.3 Å². The van der Waals surface area contributed by atoms with Gasteiger partial charge in [0.1, 0.15) is 23.2 Å². The van der Waals surface area contributed by atoms with Crippen molar-refractivity contribution in [2.45, 2.75) is 6.42 Å². The van der Waals surface area contributed by atoms with Crippen LogP contribution in [0.4, 0.5) is 10.8 Å². The molecule has 0 aliphatic rings. The first-order valence-electron chi connectivity index (χ1n) is 9.88. The fraction of sp³-hybridized carbons (Fsp3) is 0.0417. The van der Waals surface area contributed by atoms with Crippen molar-refractivity contribution in [1.82, 2.24) is 4.98 Å². The molecule has 0 unspecified atom stereocenters. The second-order valence-electron chi connectivity index (χ2n) is 7.07. The fourth-order valence-corrected chi connectivity index (χ4v) is 4.03. The van der Waals surface area contributed by atoms with E-state index in [4.69, 9.17) is 16.0 Å². The molecule has 8 nitrogen and oxygen atoms in total. The third-order valence-corrected chi connectivity index (χ3v) is 5.85. The summed E-state index contributed by atoms with van der Waals surface area (Å²) >= 11 is 7.22. The summed E-state index contributed by atoms with van der Waals surface area (Å²) in [5.74, 6) is 0.0124. The zero-order valence-electron chi connectivity index (χ0n) is 17.4.